The summed E-state index contributed by atoms with van der Waals surface area (Å²) in [7, 11) is 0. The normalized spacial score (nSPS) is 15.8. The molecule has 3 heterocycles. The number of pyridine rings is 1. The molecule has 1 aliphatic rings. The first kappa shape index (κ1) is 15.5. The lowest BCUT2D eigenvalue weighted by molar-refractivity contribution is 0.1000. The van der Waals surface area contributed by atoms with E-state index in [2.05, 4.69) is 19.8 Å². The van der Waals surface area contributed by atoms with Crippen molar-refractivity contribution in [2.24, 2.45) is 5.73 Å². The highest BCUT2D eigenvalue weighted by molar-refractivity contribution is 5.98. The number of hydrogen-bond acceptors (Lipinski definition) is 6. The monoisotopic (exact) mass is 315 g/mol. The van der Waals surface area contributed by atoms with E-state index < -0.39 is 5.91 Å². The van der Waals surface area contributed by atoms with E-state index in [0.29, 0.717) is 12.1 Å². The van der Waals surface area contributed by atoms with Crippen LogP contribution in [0.4, 0.5) is 5.69 Å². The van der Waals surface area contributed by atoms with E-state index in [9.17, 15) is 4.79 Å². The van der Waals surface area contributed by atoms with Crippen LogP contribution in [-0.4, -0.2) is 47.0 Å². The van der Waals surface area contributed by atoms with E-state index >= 15 is 0 Å². The van der Waals surface area contributed by atoms with Gasteiger partial charge in [0.15, 0.2) is 0 Å². The first-order valence-electron chi connectivity index (χ1n) is 7.68. The SMILES string of the molecule is Cc1nc(CN2CCN(c3ccncc3C(N)=O)CC2)oc1C. The first-order valence-corrected chi connectivity index (χ1v) is 7.68. The van der Waals surface area contributed by atoms with Crippen LogP contribution in [0.15, 0.2) is 22.9 Å². The number of carbonyl (C=O) groups excluding carboxylic acids is 1. The molecule has 23 heavy (non-hydrogen) atoms. The molecular formula is C16H21N5O2. The maximum absolute atomic E-state index is 11.5. The Balaban J connectivity index is 1.63. The summed E-state index contributed by atoms with van der Waals surface area (Å²) in [6.07, 6.45) is 3.22. The lowest BCUT2D eigenvalue weighted by Crippen LogP contribution is -2.46. The highest BCUT2D eigenvalue weighted by Gasteiger charge is 2.22. The number of hydrogen-bond donors (Lipinski definition) is 1. The number of nitrogens with two attached hydrogens (primary N) is 1. The molecule has 0 unspecified atom stereocenters. The van der Waals surface area contributed by atoms with Gasteiger partial charge in [0.05, 0.1) is 23.5 Å². The van der Waals surface area contributed by atoms with Crippen LogP contribution in [0.1, 0.15) is 27.7 Å². The second-order valence-electron chi connectivity index (χ2n) is 5.77. The third-order valence-electron chi connectivity index (χ3n) is 4.21. The van der Waals surface area contributed by atoms with Gasteiger partial charge in [-0.05, 0) is 19.9 Å². The Morgan fingerprint density at radius 3 is 2.65 bits per heavy atom. The minimum Gasteiger partial charge on any atom is -0.444 e. The van der Waals surface area contributed by atoms with E-state index in [1.807, 2.05) is 19.9 Å². The summed E-state index contributed by atoms with van der Waals surface area (Å²) in [5, 5.41) is 0. The third-order valence-corrected chi connectivity index (χ3v) is 4.21. The number of aryl methyl sites for hydroxylation is 2. The molecule has 3 rings (SSSR count). The van der Waals surface area contributed by atoms with Crippen molar-refractivity contribution in [2.45, 2.75) is 20.4 Å². The quantitative estimate of drug-likeness (QED) is 0.909. The standard InChI is InChI=1S/C16H21N5O2/c1-11-12(2)23-15(19-11)10-20-5-7-21(8-6-20)14-3-4-18-9-13(14)16(17)22/h3-4,9H,5-8,10H2,1-2H3,(H2,17,22). The molecule has 0 atom stereocenters. The van der Waals surface area contributed by atoms with Gasteiger partial charge in [0, 0.05) is 38.6 Å². The molecule has 0 aromatic carbocycles. The smallest absolute Gasteiger partial charge is 0.252 e. The molecule has 2 aromatic rings. The minimum atomic E-state index is -0.443. The van der Waals surface area contributed by atoms with Gasteiger partial charge in [-0.15, -0.1) is 0 Å². The zero-order valence-electron chi connectivity index (χ0n) is 13.5. The van der Waals surface area contributed by atoms with Crippen molar-refractivity contribution in [3.63, 3.8) is 0 Å². The Morgan fingerprint density at radius 1 is 1.30 bits per heavy atom. The lowest BCUT2D eigenvalue weighted by Gasteiger charge is -2.36. The van der Waals surface area contributed by atoms with Gasteiger partial charge >= 0.3 is 0 Å². The Kier molecular flexibility index (Phi) is 4.29. The molecule has 0 bridgehead atoms. The number of piperazine rings is 1. The summed E-state index contributed by atoms with van der Waals surface area (Å²) in [6.45, 7) is 7.99. The van der Waals surface area contributed by atoms with E-state index in [4.69, 9.17) is 10.2 Å². The number of rotatable bonds is 4. The van der Waals surface area contributed by atoms with Gasteiger partial charge in [-0.2, -0.15) is 0 Å². The Bertz CT molecular complexity index is 685. The maximum Gasteiger partial charge on any atom is 0.252 e. The largest absolute Gasteiger partial charge is 0.444 e. The molecule has 2 N–H and O–H groups in total. The highest BCUT2D eigenvalue weighted by atomic mass is 16.4. The number of nitrogens with zero attached hydrogens (tertiary/aromatic N) is 4. The average Bonchev–Trinajstić information content (AvgIpc) is 2.86. The topological polar surface area (TPSA) is 88.5 Å². The van der Waals surface area contributed by atoms with Gasteiger partial charge in [0.25, 0.3) is 5.91 Å². The van der Waals surface area contributed by atoms with Crippen LogP contribution in [0.5, 0.6) is 0 Å². The van der Waals surface area contributed by atoms with Crippen molar-refractivity contribution in [1.29, 1.82) is 0 Å². The summed E-state index contributed by atoms with van der Waals surface area (Å²) < 4.78 is 5.64. The fourth-order valence-corrected chi connectivity index (χ4v) is 2.80. The Labute approximate surface area is 135 Å². The van der Waals surface area contributed by atoms with Crippen molar-refractivity contribution in [3.05, 3.63) is 41.4 Å². The molecule has 0 aliphatic carbocycles. The van der Waals surface area contributed by atoms with Gasteiger partial charge < -0.3 is 15.1 Å². The number of primary amides is 1. The molecule has 122 valence electrons. The van der Waals surface area contributed by atoms with Gasteiger partial charge in [0.1, 0.15) is 5.76 Å². The van der Waals surface area contributed by atoms with E-state index in [0.717, 1.165) is 49.2 Å². The lowest BCUT2D eigenvalue weighted by atomic mass is 10.2. The molecule has 7 heteroatoms. The zero-order valence-corrected chi connectivity index (χ0v) is 13.5. The van der Waals surface area contributed by atoms with Gasteiger partial charge in [-0.1, -0.05) is 0 Å². The number of carbonyl (C=O) groups is 1. The molecule has 1 fully saturated rings. The fourth-order valence-electron chi connectivity index (χ4n) is 2.80. The summed E-state index contributed by atoms with van der Waals surface area (Å²) in [5.74, 6) is 1.19. The summed E-state index contributed by atoms with van der Waals surface area (Å²) in [4.78, 5) is 24.4. The number of anilines is 1. The first-order chi connectivity index (χ1) is 11.0. The van der Waals surface area contributed by atoms with Gasteiger partial charge in [-0.3, -0.25) is 14.7 Å². The number of aromatic nitrogens is 2. The fraction of sp³-hybridized carbons (Fsp3) is 0.438. The molecule has 0 radical (unpaired) electrons. The molecule has 2 aromatic heterocycles. The van der Waals surface area contributed by atoms with Gasteiger partial charge in [0.2, 0.25) is 5.89 Å². The molecule has 1 aliphatic heterocycles. The van der Waals surface area contributed by atoms with Crippen molar-refractivity contribution < 1.29 is 9.21 Å². The van der Waals surface area contributed by atoms with E-state index in [1.54, 1.807) is 6.20 Å². The molecule has 7 nitrogen and oxygen atoms in total. The zero-order chi connectivity index (χ0) is 16.4. The van der Waals surface area contributed by atoms with Crippen molar-refractivity contribution in [1.82, 2.24) is 14.9 Å². The average molecular weight is 315 g/mol. The molecule has 1 saturated heterocycles. The van der Waals surface area contributed by atoms with Crippen molar-refractivity contribution >= 4 is 11.6 Å². The Morgan fingerprint density at radius 2 is 2.04 bits per heavy atom. The highest BCUT2D eigenvalue weighted by Crippen LogP contribution is 2.21. The summed E-state index contributed by atoms with van der Waals surface area (Å²) in [5.41, 5.74) is 7.70. The predicted molar refractivity (Wildman–Crippen MR) is 86.2 cm³/mol. The third kappa shape index (κ3) is 3.34. The van der Waals surface area contributed by atoms with Crippen LogP contribution in [0, 0.1) is 13.8 Å². The van der Waals surface area contributed by atoms with Crippen molar-refractivity contribution in [3.8, 4) is 0 Å². The van der Waals surface area contributed by atoms with E-state index in [1.165, 1.54) is 6.20 Å². The molecule has 0 spiro atoms. The van der Waals surface area contributed by atoms with Crippen LogP contribution < -0.4 is 10.6 Å². The summed E-state index contributed by atoms with van der Waals surface area (Å²) in [6, 6.07) is 1.84. The maximum atomic E-state index is 11.5. The molecule has 1 amide bonds. The van der Waals surface area contributed by atoms with Crippen LogP contribution >= 0.6 is 0 Å². The number of oxazole rings is 1. The van der Waals surface area contributed by atoms with E-state index in [-0.39, 0.29) is 0 Å². The number of amides is 1. The molecular weight excluding hydrogens is 294 g/mol. The minimum absolute atomic E-state index is 0.443. The van der Waals surface area contributed by atoms with Crippen LogP contribution in [0.2, 0.25) is 0 Å². The van der Waals surface area contributed by atoms with Crippen LogP contribution in [0.25, 0.3) is 0 Å². The second kappa shape index (κ2) is 6.37. The second-order valence-corrected chi connectivity index (χ2v) is 5.77. The van der Waals surface area contributed by atoms with Crippen LogP contribution in [0.3, 0.4) is 0 Å². The predicted octanol–water partition coefficient (Wildman–Crippen LogP) is 1.11. The Hall–Kier alpha value is -2.41. The summed E-state index contributed by atoms with van der Waals surface area (Å²) >= 11 is 0. The van der Waals surface area contributed by atoms with Gasteiger partial charge in [-0.25, -0.2) is 4.98 Å². The van der Waals surface area contributed by atoms with Crippen molar-refractivity contribution in [2.75, 3.05) is 31.1 Å². The van der Waals surface area contributed by atoms with Crippen LogP contribution in [-0.2, 0) is 6.54 Å². The molecule has 0 saturated carbocycles.